The molecule has 1 amide bonds. The zero-order valence-electron chi connectivity index (χ0n) is 13.5. The molecule has 0 fully saturated rings. The molecule has 0 bridgehead atoms. The largest absolute Gasteiger partial charge is 0.360 e. The van der Waals surface area contributed by atoms with Gasteiger partial charge in [-0.25, -0.2) is 9.50 Å². The van der Waals surface area contributed by atoms with Gasteiger partial charge >= 0.3 is 0 Å². The number of thioether (sulfide) groups is 1. The standard InChI is InChI=1S/C15H18N6O2S/c1-3-4-6-11(13(22)17-12-9-10(2)23-20-12)24-15-18-14-16-7-5-8-21(14)19-15/h5,7-9,11H,3-4,6H2,1-2H3,(H,17,20,22). The maximum absolute atomic E-state index is 12.6. The van der Waals surface area contributed by atoms with E-state index in [1.54, 1.807) is 36.0 Å². The van der Waals surface area contributed by atoms with E-state index in [0.717, 1.165) is 19.3 Å². The fourth-order valence-electron chi connectivity index (χ4n) is 2.16. The highest BCUT2D eigenvalue weighted by Crippen LogP contribution is 2.25. The van der Waals surface area contributed by atoms with Crippen molar-refractivity contribution in [3.8, 4) is 0 Å². The van der Waals surface area contributed by atoms with Crippen molar-refractivity contribution in [2.45, 2.75) is 43.5 Å². The molecule has 8 nitrogen and oxygen atoms in total. The molecule has 0 saturated heterocycles. The Labute approximate surface area is 143 Å². The maximum atomic E-state index is 12.6. The van der Waals surface area contributed by atoms with Crippen LogP contribution < -0.4 is 5.32 Å². The Kier molecular flexibility index (Phi) is 5.09. The number of aromatic nitrogens is 5. The van der Waals surface area contributed by atoms with Crippen LogP contribution in [0.1, 0.15) is 31.9 Å². The first-order valence-electron chi connectivity index (χ1n) is 7.74. The summed E-state index contributed by atoms with van der Waals surface area (Å²) >= 11 is 1.34. The van der Waals surface area contributed by atoms with E-state index in [2.05, 4.69) is 32.5 Å². The maximum Gasteiger partial charge on any atom is 0.253 e. The van der Waals surface area contributed by atoms with E-state index >= 15 is 0 Å². The third-order valence-corrected chi connectivity index (χ3v) is 4.45. The second kappa shape index (κ2) is 7.43. The van der Waals surface area contributed by atoms with Gasteiger partial charge in [-0.3, -0.25) is 4.79 Å². The molecule has 1 atom stereocenters. The highest BCUT2D eigenvalue weighted by molar-refractivity contribution is 8.00. The molecule has 24 heavy (non-hydrogen) atoms. The Morgan fingerprint density at radius 2 is 2.38 bits per heavy atom. The van der Waals surface area contributed by atoms with Crippen molar-refractivity contribution in [1.82, 2.24) is 24.7 Å². The Balaban J connectivity index is 1.73. The molecule has 0 aliphatic rings. The van der Waals surface area contributed by atoms with E-state index in [4.69, 9.17) is 4.52 Å². The van der Waals surface area contributed by atoms with Gasteiger partial charge in [-0.05, 0) is 19.4 Å². The summed E-state index contributed by atoms with van der Waals surface area (Å²) in [5, 5.41) is 11.2. The SMILES string of the molecule is CCCCC(Sc1nc2ncccn2n1)C(=O)Nc1cc(C)on1. The van der Waals surface area contributed by atoms with Gasteiger partial charge in [0.05, 0.1) is 5.25 Å². The van der Waals surface area contributed by atoms with Crippen LogP contribution in [0.25, 0.3) is 5.78 Å². The van der Waals surface area contributed by atoms with Crippen LogP contribution in [0.15, 0.2) is 34.2 Å². The third kappa shape index (κ3) is 3.91. The third-order valence-electron chi connectivity index (χ3n) is 3.34. The number of unbranched alkanes of at least 4 members (excludes halogenated alkanes) is 1. The summed E-state index contributed by atoms with van der Waals surface area (Å²) in [6.45, 7) is 3.87. The van der Waals surface area contributed by atoms with Gasteiger partial charge in [-0.15, -0.1) is 5.10 Å². The first-order chi connectivity index (χ1) is 11.7. The van der Waals surface area contributed by atoms with Crippen LogP contribution in [0.2, 0.25) is 0 Å². The number of amides is 1. The zero-order chi connectivity index (χ0) is 16.9. The summed E-state index contributed by atoms with van der Waals surface area (Å²) < 4.78 is 6.57. The predicted molar refractivity (Wildman–Crippen MR) is 89.8 cm³/mol. The van der Waals surface area contributed by atoms with Crippen LogP contribution in [0.4, 0.5) is 5.82 Å². The lowest BCUT2D eigenvalue weighted by Crippen LogP contribution is -2.25. The number of rotatable bonds is 7. The van der Waals surface area contributed by atoms with E-state index in [0.29, 0.717) is 22.5 Å². The van der Waals surface area contributed by atoms with Crippen LogP contribution in [0.3, 0.4) is 0 Å². The van der Waals surface area contributed by atoms with Gasteiger partial charge in [0.2, 0.25) is 11.1 Å². The molecule has 0 aromatic carbocycles. The summed E-state index contributed by atoms with van der Waals surface area (Å²) in [6, 6.07) is 3.47. The quantitative estimate of drug-likeness (QED) is 0.657. The lowest BCUT2D eigenvalue weighted by Gasteiger charge is -2.13. The van der Waals surface area contributed by atoms with Crippen molar-refractivity contribution in [2.75, 3.05) is 5.32 Å². The second-order valence-corrected chi connectivity index (χ2v) is 6.49. The van der Waals surface area contributed by atoms with Crippen molar-refractivity contribution in [2.24, 2.45) is 0 Å². The molecular formula is C15H18N6O2S. The van der Waals surface area contributed by atoms with Crippen molar-refractivity contribution in [1.29, 1.82) is 0 Å². The minimum absolute atomic E-state index is 0.131. The number of carbonyl (C=O) groups is 1. The molecule has 3 rings (SSSR count). The molecular weight excluding hydrogens is 328 g/mol. The fraction of sp³-hybridized carbons (Fsp3) is 0.400. The molecule has 0 aliphatic heterocycles. The molecule has 0 aliphatic carbocycles. The Morgan fingerprint density at radius 1 is 1.50 bits per heavy atom. The van der Waals surface area contributed by atoms with Crippen LogP contribution in [0.5, 0.6) is 0 Å². The molecule has 126 valence electrons. The van der Waals surface area contributed by atoms with Crippen LogP contribution >= 0.6 is 11.8 Å². The van der Waals surface area contributed by atoms with Gasteiger partial charge in [0.1, 0.15) is 5.76 Å². The monoisotopic (exact) mass is 346 g/mol. The normalized spacial score (nSPS) is 12.4. The average molecular weight is 346 g/mol. The minimum Gasteiger partial charge on any atom is -0.360 e. The molecule has 0 spiro atoms. The van der Waals surface area contributed by atoms with Crippen molar-refractivity contribution in [3.63, 3.8) is 0 Å². The van der Waals surface area contributed by atoms with Crippen LogP contribution in [-0.2, 0) is 4.79 Å². The number of aryl methyl sites for hydroxylation is 1. The first kappa shape index (κ1) is 16.4. The summed E-state index contributed by atoms with van der Waals surface area (Å²) in [5.41, 5.74) is 0. The number of carbonyl (C=O) groups excluding carboxylic acids is 1. The highest BCUT2D eigenvalue weighted by atomic mass is 32.2. The van der Waals surface area contributed by atoms with Crippen LogP contribution in [0, 0.1) is 6.92 Å². The van der Waals surface area contributed by atoms with E-state index < -0.39 is 0 Å². The zero-order valence-corrected chi connectivity index (χ0v) is 14.3. The fourth-order valence-corrected chi connectivity index (χ4v) is 3.13. The van der Waals surface area contributed by atoms with E-state index in [-0.39, 0.29) is 11.2 Å². The summed E-state index contributed by atoms with van der Waals surface area (Å²) in [6.07, 6.45) is 6.11. The number of hydrogen-bond acceptors (Lipinski definition) is 7. The Morgan fingerprint density at radius 3 is 3.08 bits per heavy atom. The number of nitrogens with zero attached hydrogens (tertiary/aromatic N) is 5. The van der Waals surface area contributed by atoms with Gasteiger partial charge in [0, 0.05) is 18.5 Å². The number of anilines is 1. The molecule has 1 N–H and O–H groups in total. The van der Waals surface area contributed by atoms with Gasteiger partial charge in [0.15, 0.2) is 5.82 Å². The summed E-state index contributed by atoms with van der Waals surface area (Å²) in [5.74, 6) is 1.45. The molecule has 0 radical (unpaired) electrons. The smallest absolute Gasteiger partial charge is 0.253 e. The van der Waals surface area contributed by atoms with Crippen molar-refractivity contribution < 1.29 is 9.32 Å². The van der Waals surface area contributed by atoms with Gasteiger partial charge in [0.25, 0.3) is 5.78 Å². The predicted octanol–water partition coefficient (Wildman–Crippen LogP) is 2.71. The van der Waals surface area contributed by atoms with Crippen LogP contribution in [-0.4, -0.2) is 35.9 Å². The molecule has 1 unspecified atom stereocenters. The number of hydrogen-bond donors (Lipinski definition) is 1. The first-order valence-corrected chi connectivity index (χ1v) is 8.62. The average Bonchev–Trinajstić information content (AvgIpc) is 3.16. The molecule has 0 saturated carbocycles. The number of nitrogens with one attached hydrogen (secondary N) is 1. The lowest BCUT2D eigenvalue weighted by molar-refractivity contribution is -0.115. The highest BCUT2D eigenvalue weighted by Gasteiger charge is 2.23. The van der Waals surface area contributed by atoms with E-state index in [1.807, 2.05) is 0 Å². The lowest BCUT2D eigenvalue weighted by atomic mass is 10.2. The Bertz CT molecular complexity index is 797. The minimum atomic E-state index is -0.306. The number of fused-ring (bicyclic) bond motifs is 1. The van der Waals surface area contributed by atoms with E-state index in [1.165, 1.54) is 11.8 Å². The topological polar surface area (TPSA) is 98.2 Å². The summed E-state index contributed by atoms with van der Waals surface area (Å²) in [4.78, 5) is 21.0. The second-order valence-electron chi connectivity index (χ2n) is 5.32. The van der Waals surface area contributed by atoms with Gasteiger partial charge in [-0.1, -0.05) is 36.7 Å². The van der Waals surface area contributed by atoms with Gasteiger partial charge in [-0.2, -0.15) is 4.98 Å². The molecule has 3 aromatic heterocycles. The van der Waals surface area contributed by atoms with Gasteiger partial charge < -0.3 is 9.84 Å². The molecule has 3 heterocycles. The van der Waals surface area contributed by atoms with Crippen molar-refractivity contribution >= 4 is 29.3 Å². The Hall–Kier alpha value is -2.42. The summed E-state index contributed by atoms with van der Waals surface area (Å²) in [7, 11) is 0. The van der Waals surface area contributed by atoms with E-state index in [9.17, 15) is 4.79 Å². The molecule has 3 aromatic rings. The molecule has 9 heteroatoms. The van der Waals surface area contributed by atoms with Crippen molar-refractivity contribution in [3.05, 3.63) is 30.3 Å².